The van der Waals surface area contributed by atoms with Crippen molar-refractivity contribution in [3.8, 4) is 11.1 Å². The Labute approximate surface area is 173 Å². The molecule has 7 heteroatoms. The summed E-state index contributed by atoms with van der Waals surface area (Å²) in [4.78, 5) is 30.2. The third kappa shape index (κ3) is 4.57. The van der Waals surface area contributed by atoms with Crippen LogP contribution in [0.5, 0.6) is 0 Å². The Bertz CT molecular complexity index is 1050. The van der Waals surface area contributed by atoms with Crippen molar-refractivity contribution in [2.45, 2.75) is 45.3 Å². The number of hydrogen-bond acceptors (Lipinski definition) is 6. The van der Waals surface area contributed by atoms with Crippen LogP contribution >= 0.6 is 11.3 Å². The molecule has 29 heavy (non-hydrogen) atoms. The van der Waals surface area contributed by atoms with Crippen LogP contribution in [0.15, 0.2) is 40.8 Å². The summed E-state index contributed by atoms with van der Waals surface area (Å²) in [5.41, 5.74) is 2.91. The van der Waals surface area contributed by atoms with E-state index in [0.717, 1.165) is 37.0 Å². The van der Waals surface area contributed by atoms with Gasteiger partial charge in [0.1, 0.15) is 11.4 Å². The van der Waals surface area contributed by atoms with Crippen molar-refractivity contribution in [3.63, 3.8) is 0 Å². The van der Waals surface area contributed by atoms with Crippen molar-refractivity contribution in [3.05, 3.63) is 51.9 Å². The van der Waals surface area contributed by atoms with E-state index < -0.39 is 0 Å². The van der Waals surface area contributed by atoms with Gasteiger partial charge in [-0.3, -0.25) is 14.2 Å². The molecule has 2 aromatic heterocycles. The van der Waals surface area contributed by atoms with E-state index in [9.17, 15) is 9.59 Å². The summed E-state index contributed by atoms with van der Waals surface area (Å²) in [7, 11) is 0. The zero-order valence-electron chi connectivity index (χ0n) is 16.4. The number of hydrogen-bond donors (Lipinski definition) is 0. The highest BCUT2D eigenvalue weighted by Gasteiger charge is 2.17. The van der Waals surface area contributed by atoms with E-state index in [4.69, 9.17) is 9.47 Å². The number of rotatable bonds is 6. The smallest absolute Gasteiger partial charge is 0.307 e. The van der Waals surface area contributed by atoms with Crippen molar-refractivity contribution < 1.29 is 14.3 Å². The minimum atomic E-state index is -0.324. The average molecular weight is 413 g/mol. The largest absolute Gasteiger partial charge is 0.463 e. The first-order valence-electron chi connectivity index (χ1n) is 9.93. The maximum Gasteiger partial charge on any atom is 0.307 e. The predicted octanol–water partition coefficient (Wildman–Crippen LogP) is 3.94. The summed E-state index contributed by atoms with van der Waals surface area (Å²) in [6, 6.07) is 8.08. The monoisotopic (exact) mass is 412 g/mol. The van der Waals surface area contributed by atoms with Crippen LogP contribution < -0.4 is 5.56 Å². The number of carbonyl (C=O) groups excluding carboxylic acids is 1. The van der Waals surface area contributed by atoms with Gasteiger partial charge in [-0.1, -0.05) is 29.8 Å². The number of fused-ring (bicyclic) bond motifs is 1. The molecule has 0 radical (unpaired) electrons. The first kappa shape index (κ1) is 19.8. The highest BCUT2D eigenvalue weighted by molar-refractivity contribution is 7.17. The second-order valence-electron chi connectivity index (χ2n) is 7.36. The molecule has 1 aliphatic heterocycles. The molecule has 0 N–H and O–H groups in total. The van der Waals surface area contributed by atoms with E-state index in [1.807, 2.05) is 36.6 Å². The maximum atomic E-state index is 13.0. The minimum Gasteiger partial charge on any atom is -0.463 e. The van der Waals surface area contributed by atoms with Crippen molar-refractivity contribution in [2.75, 3.05) is 13.2 Å². The molecular formula is C22H24N2O4S. The van der Waals surface area contributed by atoms with Crippen LogP contribution in [0.25, 0.3) is 21.3 Å². The number of benzene rings is 1. The van der Waals surface area contributed by atoms with Gasteiger partial charge in [-0.2, -0.15) is 0 Å². The normalized spacial score (nSPS) is 16.8. The Morgan fingerprint density at radius 3 is 2.90 bits per heavy atom. The van der Waals surface area contributed by atoms with Crippen LogP contribution in [0.2, 0.25) is 0 Å². The van der Waals surface area contributed by atoms with Gasteiger partial charge in [-0.15, -0.1) is 11.3 Å². The van der Waals surface area contributed by atoms with Gasteiger partial charge >= 0.3 is 5.97 Å². The van der Waals surface area contributed by atoms with Crippen LogP contribution in [0.4, 0.5) is 0 Å². The van der Waals surface area contributed by atoms with Crippen molar-refractivity contribution in [2.24, 2.45) is 0 Å². The van der Waals surface area contributed by atoms with Gasteiger partial charge in [0.2, 0.25) is 0 Å². The van der Waals surface area contributed by atoms with Gasteiger partial charge in [-0.05, 0) is 31.7 Å². The third-order valence-electron chi connectivity index (χ3n) is 5.18. The van der Waals surface area contributed by atoms with Crippen molar-refractivity contribution in [1.29, 1.82) is 0 Å². The second kappa shape index (κ2) is 8.88. The van der Waals surface area contributed by atoms with Crippen LogP contribution in [-0.4, -0.2) is 34.8 Å². The number of esters is 1. The molecule has 0 bridgehead atoms. The van der Waals surface area contributed by atoms with E-state index >= 15 is 0 Å². The number of aryl methyl sites for hydroxylation is 2. The van der Waals surface area contributed by atoms with Gasteiger partial charge in [0.25, 0.3) is 5.56 Å². The summed E-state index contributed by atoms with van der Waals surface area (Å²) in [6.45, 7) is 3.29. The molecule has 0 spiro atoms. The fourth-order valence-electron chi connectivity index (χ4n) is 3.48. The van der Waals surface area contributed by atoms with Crippen LogP contribution in [-0.2, 0) is 20.8 Å². The van der Waals surface area contributed by atoms with E-state index in [2.05, 4.69) is 4.98 Å². The Morgan fingerprint density at radius 1 is 1.31 bits per heavy atom. The molecule has 0 saturated carbocycles. The Hall–Kier alpha value is -2.51. The highest BCUT2D eigenvalue weighted by atomic mass is 32.1. The fraction of sp³-hybridized carbons (Fsp3) is 0.409. The first-order valence-corrected chi connectivity index (χ1v) is 10.8. The van der Waals surface area contributed by atoms with E-state index in [0.29, 0.717) is 10.2 Å². The topological polar surface area (TPSA) is 70.4 Å². The molecule has 1 atom stereocenters. The lowest BCUT2D eigenvalue weighted by atomic mass is 10.1. The Balaban J connectivity index is 1.46. The maximum absolute atomic E-state index is 13.0. The summed E-state index contributed by atoms with van der Waals surface area (Å²) in [5.74, 6) is -0.324. The molecule has 1 fully saturated rings. The Kier molecular flexibility index (Phi) is 6.06. The average Bonchev–Trinajstić information content (AvgIpc) is 3.18. The number of carbonyl (C=O) groups is 1. The van der Waals surface area contributed by atoms with E-state index in [1.54, 1.807) is 0 Å². The SMILES string of the molecule is Cc1ccc(-c2csc3ncn(CCC(=O)OCC4CCCCO4)c(=O)c23)cc1. The summed E-state index contributed by atoms with van der Waals surface area (Å²) < 4.78 is 12.4. The van der Waals surface area contributed by atoms with Gasteiger partial charge < -0.3 is 9.47 Å². The zero-order chi connectivity index (χ0) is 20.2. The van der Waals surface area contributed by atoms with Crippen LogP contribution in [0, 0.1) is 6.92 Å². The van der Waals surface area contributed by atoms with Gasteiger partial charge in [-0.25, -0.2) is 4.98 Å². The zero-order valence-corrected chi connectivity index (χ0v) is 17.2. The molecule has 152 valence electrons. The predicted molar refractivity (Wildman–Crippen MR) is 113 cm³/mol. The lowest BCUT2D eigenvalue weighted by Crippen LogP contribution is -2.27. The molecule has 3 aromatic rings. The van der Waals surface area contributed by atoms with Gasteiger partial charge in [0.05, 0.1) is 24.2 Å². The first-order chi connectivity index (χ1) is 14.1. The molecule has 3 heterocycles. The molecule has 1 unspecified atom stereocenters. The quantitative estimate of drug-likeness (QED) is 0.574. The molecule has 0 amide bonds. The second-order valence-corrected chi connectivity index (χ2v) is 8.22. The fourth-order valence-corrected chi connectivity index (χ4v) is 4.39. The van der Waals surface area contributed by atoms with Gasteiger partial charge in [0, 0.05) is 24.1 Å². The molecule has 6 nitrogen and oxygen atoms in total. The lowest BCUT2D eigenvalue weighted by Gasteiger charge is -2.22. The Morgan fingerprint density at radius 2 is 2.14 bits per heavy atom. The highest BCUT2D eigenvalue weighted by Crippen LogP contribution is 2.30. The summed E-state index contributed by atoms with van der Waals surface area (Å²) >= 11 is 1.45. The summed E-state index contributed by atoms with van der Waals surface area (Å²) in [5, 5.41) is 2.57. The molecule has 4 rings (SSSR count). The van der Waals surface area contributed by atoms with Crippen LogP contribution in [0.3, 0.4) is 0 Å². The number of nitrogens with zero attached hydrogens (tertiary/aromatic N) is 2. The van der Waals surface area contributed by atoms with Crippen LogP contribution in [0.1, 0.15) is 31.2 Å². The number of aromatic nitrogens is 2. The molecule has 0 aliphatic carbocycles. The van der Waals surface area contributed by atoms with Crippen molar-refractivity contribution in [1.82, 2.24) is 9.55 Å². The molecule has 1 saturated heterocycles. The molecular weight excluding hydrogens is 388 g/mol. The summed E-state index contributed by atoms with van der Waals surface area (Å²) in [6.07, 6.45) is 4.73. The minimum absolute atomic E-state index is 0.00341. The van der Waals surface area contributed by atoms with Gasteiger partial charge in [0.15, 0.2) is 0 Å². The van der Waals surface area contributed by atoms with E-state index in [1.165, 1.54) is 27.8 Å². The molecule has 1 aliphatic rings. The number of thiophene rings is 1. The molecule has 1 aromatic carbocycles. The standard InChI is InChI=1S/C22H24N2O4S/c1-15-5-7-16(8-6-15)18-13-29-21-20(18)22(26)24(14-23-21)10-9-19(25)28-12-17-4-2-3-11-27-17/h5-8,13-14,17H,2-4,9-12H2,1H3. The van der Waals surface area contributed by atoms with Crippen molar-refractivity contribution >= 4 is 27.5 Å². The number of ether oxygens (including phenoxy) is 2. The van der Waals surface area contributed by atoms with E-state index in [-0.39, 0.29) is 37.2 Å². The third-order valence-corrected chi connectivity index (χ3v) is 6.07. The lowest BCUT2D eigenvalue weighted by molar-refractivity contribution is -0.149.